The summed E-state index contributed by atoms with van der Waals surface area (Å²) in [5.41, 5.74) is 2.76. The summed E-state index contributed by atoms with van der Waals surface area (Å²) in [5, 5.41) is 2.95. The highest BCUT2D eigenvalue weighted by atomic mass is 19.1. The number of halogens is 1. The maximum atomic E-state index is 13.2. The van der Waals surface area contributed by atoms with Crippen LogP contribution in [-0.2, 0) is 4.79 Å². The molecule has 0 aliphatic carbocycles. The van der Waals surface area contributed by atoms with E-state index < -0.39 is 0 Å². The van der Waals surface area contributed by atoms with Crippen LogP contribution in [0.2, 0.25) is 0 Å². The zero-order valence-electron chi connectivity index (χ0n) is 16.2. The number of carbonyl (C=O) groups is 1. The van der Waals surface area contributed by atoms with Gasteiger partial charge in [-0.05, 0) is 42.0 Å². The zero-order chi connectivity index (χ0) is 20.1. The van der Waals surface area contributed by atoms with Gasteiger partial charge in [-0.3, -0.25) is 9.69 Å². The number of amides is 1. The van der Waals surface area contributed by atoms with Gasteiger partial charge in [-0.25, -0.2) is 4.39 Å². The van der Waals surface area contributed by atoms with Crippen LogP contribution in [0.25, 0.3) is 0 Å². The zero-order valence-corrected chi connectivity index (χ0v) is 16.2. The SMILES string of the molecule is O=C(Nc1ccc(F)cc1)[C@@H](c1ccccc1)N1CCN(c2ccccc2)CC1. The molecule has 1 heterocycles. The van der Waals surface area contributed by atoms with Crippen molar-refractivity contribution in [1.82, 2.24) is 4.90 Å². The maximum absolute atomic E-state index is 13.2. The van der Waals surface area contributed by atoms with Gasteiger partial charge in [-0.2, -0.15) is 0 Å². The van der Waals surface area contributed by atoms with Crippen LogP contribution in [0, 0.1) is 5.82 Å². The van der Waals surface area contributed by atoms with Gasteiger partial charge in [0, 0.05) is 37.6 Å². The second-order valence-electron chi connectivity index (χ2n) is 7.17. The van der Waals surface area contributed by atoms with Crippen molar-refractivity contribution in [2.45, 2.75) is 6.04 Å². The largest absolute Gasteiger partial charge is 0.369 e. The summed E-state index contributed by atoms with van der Waals surface area (Å²) in [6.45, 7) is 3.28. The Hall–Kier alpha value is -3.18. The van der Waals surface area contributed by atoms with Gasteiger partial charge in [0.05, 0.1) is 0 Å². The Kier molecular flexibility index (Phi) is 5.86. The van der Waals surface area contributed by atoms with Crippen molar-refractivity contribution in [3.05, 3.63) is 96.3 Å². The lowest BCUT2D eigenvalue weighted by Gasteiger charge is -2.39. The van der Waals surface area contributed by atoms with E-state index in [4.69, 9.17) is 0 Å². The maximum Gasteiger partial charge on any atom is 0.246 e. The Labute approximate surface area is 170 Å². The first-order valence-corrected chi connectivity index (χ1v) is 9.86. The lowest BCUT2D eigenvalue weighted by Crippen LogP contribution is -2.50. The summed E-state index contributed by atoms with van der Waals surface area (Å²) in [7, 11) is 0. The Bertz CT molecular complexity index is 923. The summed E-state index contributed by atoms with van der Waals surface area (Å²) < 4.78 is 13.2. The molecule has 0 radical (unpaired) electrons. The van der Waals surface area contributed by atoms with Crippen molar-refractivity contribution >= 4 is 17.3 Å². The number of anilines is 2. The fourth-order valence-electron chi connectivity index (χ4n) is 3.78. The van der Waals surface area contributed by atoms with E-state index in [1.165, 1.54) is 17.8 Å². The molecule has 1 atom stereocenters. The van der Waals surface area contributed by atoms with Crippen LogP contribution >= 0.6 is 0 Å². The topological polar surface area (TPSA) is 35.6 Å². The van der Waals surface area contributed by atoms with Crippen LogP contribution < -0.4 is 10.2 Å². The van der Waals surface area contributed by atoms with E-state index in [9.17, 15) is 9.18 Å². The predicted molar refractivity (Wildman–Crippen MR) is 114 cm³/mol. The quantitative estimate of drug-likeness (QED) is 0.706. The highest BCUT2D eigenvalue weighted by molar-refractivity contribution is 5.95. The van der Waals surface area contributed by atoms with Gasteiger partial charge in [-0.15, -0.1) is 0 Å². The lowest BCUT2D eigenvalue weighted by molar-refractivity contribution is -0.121. The van der Waals surface area contributed by atoms with Crippen LogP contribution in [0.5, 0.6) is 0 Å². The van der Waals surface area contributed by atoms with E-state index in [1.54, 1.807) is 12.1 Å². The van der Waals surface area contributed by atoms with Crippen molar-refractivity contribution in [3.63, 3.8) is 0 Å². The smallest absolute Gasteiger partial charge is 0.246 e. The summed E-state index contributed by atoms with van der Waals surface area (Å²) in [4.78, 5) is 17.7. The molecule has 1 aliphatic rings. The Morgan fingerprint density at radius 2 is 1.38 bits per heavy atom. The number of hydrogen-bond acceptors (Lipinski definition) is 3. The Morgan fingerprint density at radius 3 is 2.00 bits per heavy atom. The van der Waals surface area contributed by atoms with E-state index in [-0.39, 0.29) is 17.8 Å². The second kappa shape index (κ2) is 8.88. The number of para-hydroxylation sites is 1. The minimum absolute atomic E-state index is 0.101. The molecule has 1 saturated heterocycles. The number of hydrogen-bond donors (Lipinski definition) is 1. The minimum Gasteiger partial charge on any atom is -0.369 e. The highest BCUT2D eigenvalue weighted by Gasteiger charge is 2.30. The number of carbonyl (C=O) groups excluding carboxylic acids is 1. The molecule has 4 rings (SSSR count). The first-order valence-electron chi connectivity index (χ1n) is 9.86. The van der Waals surface area contributed by atoms with Gasteiger partial charge in [0.25, 0.3) is 0 Å². The molecule has 4 nitrogen and oxygen atoms in total. The molecule has 0 spiro atoms. The molecule has 0 unspecified atom stereocenters. The molecule has 0 aromatic heterocycles. The third-order valence-electron chi connectivity index (χ3n) is 5.28. The number of nitrogens with one attached hydrogen (secondary N) is 1. The third-order valence-corrected chi connectivity index (χ3v) is 5.28. The van der Waals surface area contributed by atoms with Gasteiger partial charge in [0.2, 0.25) is 5.91 Å². The standard InChI is InChI=1S/C24H24FN3O/c25-20-11-13-21(14-12-20)26-24(29)23(19-7-3-1-4-8-19)28-17-15-27(16-18-28)22-9-5-2-6-10-22/h1-14,23H,15-18H2,(H,26,29)/t23-/m1/s1. The molecule has 1 fully saturated rings. The molecular weight excluding hydrogens is 365 g/mol. The van der Waals surface area contributed by atoms with E-state index in [1.807, 2.05) is 48.5 Å². The van der Waals surface area contributed by atoms with Crippen molar-refractivity contribution in [3.8, 4) is 0 Å². The van der Waals surface area contributed by atoms with Gasteiger partial charge in [0.1, 0.15) is 11.9 Å². The molecule has 29 heavy (non-hydrogen) atoms. The van der Waals surface area contributed by atoms with Gasteiger partial charge >= 0.3 is 0 Å². The monoisotopic (exact) mass is 389 g/mol. The first kappa shape index (κ1) is 19.2. The van der Waals surface area contributed by atoms with Crippen molar-refractivity contribution in [2.24, 2.45) is 0 Å². The van der Waals surface area contributed by atoms with Crippen LogP contribution in [0.4, 0.5) is 15.8 Å². The Morgan fingerprint density at radius 1 is 0.793 bits per heavy atom. The van der Waals surface area contributed by atoms with Crippen LogP contribution in [0.3, 0.4) is 0 Å². The molecule has 5 heteroatoms. The minimum atomic E-state index is -0.390. The molecule has 3 aromatic carbocycles. The van der Waals surface area contributed by atoms with E-state index in [0.29, 0.717) is 5.69 Å². The van der Waals surface area contributed by atoms with Crippen molar-refractivity contribution < 1.29 is 9.18 Å². The molecule has 148 valence electrons. The molecule has 3 aromatic rings. The third kappa shape index (κ3) is 4.63. The van der Waals surface area contributed by atoms with Crippen molar-refractivity contribution in [1.29, 1.82) is 0 Å². The average Bonchev–Trinajstić information content (AvgIpc) is 2.77. The fourth-order valence-corrected chi connectivity index (χ4v) is 3.78. The van der Waals surface area contributed by atoms with E-state index >= 15 is 0 Å². The predicted octanol–water partition coefficient (Wildman–Crippen LogP) is 4.33. The summed E-state index contributed by atoms with van der Waals surface area (Å²) in [6, 6.07) is 25.7. The number of nitrogens with zero attached hydrogens (tertiary/aromatic N) is 2. The molecule has 0 saturated carbocycles. The number of rotatable bonds is 5. The molecule has 0 bridgehead atoms. The second-order valence-corrected chi connectivity index (χ2v) is 7.17. The summed E-state index contributed by atoms with van der Waals surface area (Å²) in [6.07, 6.45) is 0. The fraction of sp³-hybridized carbons (Fsp3) is 0.208. The molecular formula is C24H24FN3O. The van der Waals surface area contributed by atoms with Gasteiger partial charge in [-0.1, -0.05) is 48.5 Å². The molecule has 1 aliphatic heterocycles. The summed E-state index contributed by atoms with van der Waals surface area (Å²) >= 11 is 0. The van der Waals surface area contributed by atoms with Crippen LogP contribution in [-0.4, -0.2) is 37.0 Å². The van der Waals surface area contributed by atoms with Crippen LogP contribution in [0.15, 0.2) is 84.9 Å². The molecule has 1 N–H and O–H groups in total. The normalized spacial score (nSPS) is 15.7. The number of benzene rings is 3. The average molecular weight is 389 g/mol. The lowest BCUT2D eigenvalue weighted by atomic mass is 10.0. The van der Waals surface area contributed by atoms with Crippen LogP contribution in [0.1, 0.15) is 11.6 Å². The highest BCUT2D eigenvalue weighted by Crippen LogP contribution is 2.26. The van der Waals surface area contributed by atoms with Gasteiger partial charge in [0.15, 0.2) is 0 Å². The first-order chi connectivity index (χ1) is 14.2. The van der Waals surface area contributed by atoms with E-state index in [0.717, 1.165) is 31.7 Å². The van der Waals surface area contributed by atoms with E-state index in [2.05, 4.69) is 27.2 Å². The molecule has 1 amide bonds. The number of piperazine rings is 1. The van der Waals surface area contributed by atoms with Gasteiger partial charge < -0.3 is 10.2 Å². The summed E-state index contributed by atoms with van der Waals surface area (Å²) in [5.74, 6) is -0.421. The van der Waals surface area contributed by atoms with Crippen molar-refractivity contribution in [2.75, 3.05) is 36.4 Å². The Balaban J connectivity index is 1.51.